The summed E-state index contributed by atoms with van der Waals surface area (Å²) in [5, 5.41) is 3.36. The molecule has 0 radical (unpaired) electrons. The molecule has 2 aliphatic rings. The second-order valence-corrected chi connectivity index (χ2v) is 4.62. The maximum Gasteiger partial charge on any atom is 0.225 e. The highest BCUT2D eigenvalue weighted by atomic mass is 35.5. The van der Waals surface area contributed by atoms with Gasteiger partial charge in [-0.3, -0.25) is 0 Å². The van der Waals surface area contributed by atoms with Gasteiger partial charge in [-0.25, -0.2) is 9.97 Å². The third-order valence-electron chi connectivity index (χ3n) is 3.44. The molecule has 1 aromatic rings. The van der Waals surface area contributed by atoms with Gasteiger partial charge in [0.25, 0.3) is 0 Å². The van der Waals surface area contributed by atoms with Crippen molar-refractivity contribution in [1.29, 1.82) is 0 Å². The van der Waals surface area contributed by atoms with E-state index in [0.717, 1.165) is 38.5 Å². The first-order valence-corrected chi connectivity index (χ1v) is 6.24. The molecule has 18 heavy (non-hydrogen) atoms. The Balaban J connectivity index is 0.000000810. The van der Waals surface area contributed by atoms with Crippen LogP contribution in [0.1, 0.15) is 30.5 Å². The molecule has 0 unspecified atom stereocenters. The molecule has 3 rings (SSSR count). The summed E-state index contributed by atoms with van der Waals surface area (Å²) in [7, 11) is 0. The molecule has 3 heterocycles. The van der Waals surface area contributed by atoms with Gasteiger partial charge in [-0.05, 0) is 37.8 Å². The summed E-state index contributed by atoms with van der Waals surface area (Å²) >= 11 is 0. The summed E-state index contributed by atoms with van der Waals surface area (Å²) in [5.41, 5.74) is 2.52. The number of aromatic nitrogens is 2. The minimum atomic E-state index is 0. The van der Waals surface area contributed by atoms with E-state index in [-0.39, 0.29) is 24.8 Å². The Hall–Kier alpha value is -0.580. The molecule has 2 aliphatic heterocycles. The highest BCUT2D eigenvalue weighted by Crippen LogP contribution is 2.18. The van der Waals surface area contributed by atoms with Crippen molar-refractivity contribution < 1.29 is 0 Å². The molecular formula is C12H20Cl2N4. The maximum atomic E-state index is 4.69. The molecule has 1 fully saturated rings. The van der Waals surface area contributed by atoms with E-state index < -0.39 is 0 Å². The standard InChI is InChI=1S/C12H18N4.2ClH/c1-2-6-16(7-3-1)12-14-8-10-4-5-13-9-11(10)15-12;;/h8,13H,1-7,9H2;2*1H. The van der Waals surface area contributed by atoms with Crippen LogP contribution in [0.15, 0.2) is 6.20 Å². The van der Waals surface area contributed by atoms with Gasteiger partial charge >= 0.3 is 0 Å². The second kappa shape index (κ2) is 7.12. The minimum Gasteiger partial charge on any atom is -0.341 e. The van der Waals surface area contributed by atoms with Crippen molar-refractivity contribution in [3.63, 3.8) is 0 Å². The van der Waals surface area contributed by atoms with Crippen molar-refractivity contribution in [1.82, 2.24) is 15.3 Å². The summed E-state index contributed by atoms with van der Waals surface area (Å²) in [6.45, 7) is 4.19. The molecule has 0 amide bonds. The molecule has 0 bridgehead atoms. The van der Waals surface area contributed by atoms with Crippen LogP contribution in [-0.2, 0) is 13.0 Å². The Labute approximate surface area is 120 Å². The number of halogens is 2. The number of rotatable bonds is 1. The molecular weight excluding hydrogens is 271 g/mol. The lowest BCUT2D eigenvalue weighted by molar-refractivity contribution is 0.561. The minimum absolute atomic E-state index is 0. The van der Waals surface area contributed by atoms with Crippen LogP contribution in [0.3, 0.4) is 0 Å². The van der Waals surface area contributed by atoms with Gasteiger partial charge in [0.15, 0.2) is 0 Å². The van der Waals surface area contributed by atoms with E-state index in [1.807, 2.05) is 6.20 Å². The van der Waals surface area contributed by atoms with E-state index in [9.17, 15) is 0 Å². The third kappa shape index (κ3) is 3.25. The lowest BCUT2D eigenvalue weighted by Crippen LogP contribution is -2.32. The Bertz CT molecular complexity index is 380. The van der Waals surface area contributed by atoms with Gasteiger partial charge in [-0.15, -0.1) is 24.8 Å². The number of nitrogens with one attached hydrogen (secondary N) is 1. The molecule has 102 valence electrons. The van der Waals surface area contributed by atoms with Gasteiger partial charge in [-0.2, -0.15) is 0 Å². The fourth-order valence-electron chi connectivity index (χ4n) is 2.47. The number of piperidine rings is 1. The fourth-order valence-corrected chi connectivity index (χ4v) is 2.47. The zero-order valence-corrected chi connectivity index (χ0v) is 12.0. The summed E-state index contributed by atoms with van der Waals surface area (Å²) in [5.74, 6) is 0.933. The van der Waals surface area contributed by atoms with Crippen molar-refractivity contribution in [2.24, 2.45) is 0 Å². The molecule has 1 saturated heterocycles. The third-order valence-corrected chi connectivity index (χ3v) is 3.44. The highest BCUT2D eigenvalue weighted by molar-refractivity contribution is 5.85. The topological polar surface area (TPSA) is 41.1 Å². The maximum absolute atomic E-state index is 4.69. The van der Waals surface area contributed by atoms with Crippen molar-refractivity contribution in [3.05, 3.63) is 17.5 Å². The van der Waals surface area contributed by atoms with Crippen molar-refractivity contribution in [2.75, 3.05) is 24.5 Å². The summed E-state index contributed by atoms with van der Waals surface area (Å²) in [6, 6.07) is 0. The Morgan fingerprint density at radius 3 is 2.67 bits per heavy atom. The Morgan fingerprint density at radius 2 is 1.89 bits per heavy atom. The van der Waals surface area contributed by atoms with E-state index >= 15 is 0 Å². The number of nitrogens with zero attached hydrogens (tertiary/aromatic N) is 3. The van der Waals surface area contributed by atoms with Crippen LogP contribution in [-0.4, -0.2) is 29.6 Å². The highest BCUT2D eigenvalue weighted by Gasteiger charge is 2.16. The Kier molecular flexibility index (Phi) is 6.12. The predicted octanol–water partition coefficient (Wildman–Crippen LogP) is 1.96. The van der Waals surface area contributed by atoms with E-state index in [4.69, 9.17) is 0 Å². The smallest absolute Gasteiger partial charge is 0.225 e. The van der Waals surface area contributed by atoms with Gasteiger partial charge in [0.05, 0.1) is 5.69 Å². The second-order valence-electron chi connectivity index (χ2n) is 4.62. The van der Waals surface area contributed by atoms with Crippen molar-refractivity contribution in [3.8, 4) is 0 Å². The van der Waals surface area contributed by atoms with E-state index in [1.54, 1.807) is 0 Å². The summed E-state index contributed by atoms with van der Waals surface area (Å²) in [4.78, 5) is 11.5. The predicted molar refractivity (Wildman–Crippen MR) is 78.0 cm³/mol. The molecule has 0 spiro atoms. The lowest BCUT2D eigenvalue weighted by Gasteiger charge is -2.27. The van der Waals surface area contributed by atoms with Crippen LogP contribution >= 0.6 is 24.8 Å². The first-order valence-electron chi connectivity index (χ1n) is 6.24. The largest absolute Gasteiger partial charge is 0.341 e. The van der Waals surface area contributed by atoms with E-state index in [1.165, 1.54) is 30.5 Å². The normalized spacial score (nSPS) is 18.3. The summed E-state index contributed by atoms with van der Waals surface area (Å²) in [6.07, 6.45) is 6.99. The van der Waals surface area contributed by atoms with Gasteiger partial charge in [0.2, 0.25) is 5.95 Å². The van der Waals surface area contributed by atoms with Crippen molar-refractivity contribution in [2.45, 2.75) is 32.2 Å². The van der Waals surface area contributed by atoms with Crippen LogP contribution in [0.5, 0.6) is 0 Å². The van der Waals surface area contributed by atoms with Crippen LogP contribution in [0.4, 0.5) is 5.95 Å². The number of anilines is 1. The molecule has 1 aromatic heterocycles. The van der Waals surface area contributed by atoms with Crippen LogP contribution < -0.4 is 10.2 Å². The van der Waals surface area contributed by atoms with Gasteiger partial charge in [0, 0.05) is 25.8 Å². The molecule has 1 N–H and O–H groups in total. The number of hydrogen-bond donors (Lipinski definition) is 1. The molecule has 0 atom stereocenters. The fraction of sp³-hybridized carbons (Fsp3) is 0.667. The summed E-state index contributed by atoms with van der Waals surface area (Å²) < 4.78 is 0. The quantitative estimate of drug-likeness (QED) is 0.858. The molecule has 6 heteroatoms. The number of fused-ring (bicyclic) bond motifs is 1. The van der Waals surface area contributed by atoms with Crippen LogP contribution in [0.2, 0.25) is 0 Å². The molecule has 4 nitrogen and oxygen atoms in total. The van der Waals surface area contributed by atoms with Gasteiger partial charge in [0.1, 0.15) is 0 Å². The number of hydrogen-bond acceptors (Lipinski definition) is 4. The van der Waals surface area contributed by atoms with Gasteiger partial charge in [-0.1, -0.05) is 0 Å². The van der Waals surface area contributed by atoms with E-state index in [0.29, 0.717) is 0 Å². The Morgan fingerprint density at radius 1 is 1.11 bits per heavy atom. The SMILES string of the molecule is Cl.Cl.c1nc(N2CCCCC2)nc2c1CCNC2. The lowest BCUT2D eigenvalue weighted by atomic mass is 10.1. The van der Waals surface area contributed by atoms with E-state index in [2.05, 4.69) is 20.2 Å². The zero-order valence-electron chi connectivity index (χ0n) is 10.4. The van der Waals surface area contributed by atoms with Crippen LogP contribution in [0.25, 0.3) is 0 Å². The first kappa shape index (κ1) is 15.5. The first-order chi connectivity index (χ1) is 7.93. The van der Waals surface area contributed by atoms with Crippen molar-refractivity contribution >= 4 is 30.8 Å². The zero-order chi connectivity index (χ0) is 10.8. The average Bonchev–Trinajstić information content (AvgIpc) is 2.39. The molecule has 0 aliphatic carbocycles. The average molecular weight is 291 g/mol. The van der Waals surface area contributed by atoms with Crippen LogP contribution in [0, 0.1) is 0 Å². The molecule has 0 saturated carbocycles. The molecule has 0 aromatic carbocycles. The van der Waals surface area contributed by atoms with Gasteiger partial charge < -0.3 is 10.2 Å². The monoisotopic (exact) mass is 290 g/mol.